The van der Waals surface area contributed by atoms with E-state index in [4.69, 9.17) is 16.7 Å². The molecule has 0 fully saturated rings. The minimum atomic E-state index is -0.638. The lowest BCUT2D eigenvalue weighted by Crippen LogP contribution is -2.07. The third kappa shape index (κ3) is 2.68. The summed E-state index contributed by atoms with van der Waals surface area (Å²) in [5.74, 6) is -0.350. The van der Waals surface area contributed by atoms with E-state index in [1.165, 1.54) is 10.9 Å². The Bertz CT molecular complexity index is 337. The van der Waals surface area contributed by atoms with Gasteiger partial charge in [-0.15, -0.1) is 0 Å². The van der Waals surface area contributed by atoms with Gasteiger partial charge in [-0.25, -0.2) is 0 Å². The number of halogens is 1. The first-order valence-electron chi connectivity index (χ1n) is 4.06. The van der Waals surface area contributed by atoms with E-state index in [9.17, 15) is 10.1 Å². The molecule has 1 heterocycles. The van der Waals surface area contributed by atoms with Crippen molar-refractivity contribution in [1.82, 2.24) is 9.78 Å². The smallest absolute Gasteiger partial charge is 0.393 e. The summed E-state index contributed by atoms with van der Waals surface area (Å²) in [6.07, 6.45) is 1.40. The molecular formula is C7H10ClN3O3. The van der Waals surface area contributed by atoms with Gasteiger partial charge in [-0.2, -0.15) is 4.68 Å². The van der Waals surface area contributed by atoms with Crippen LogP contribution < -0.4 is 0 Å². The van der Waals surface area contributed by atoms with Crippen LogP contribution in [-0.4, -0.2) is 25.9 Å². The lowest BCUT2D eigenvalue weighted by Gasteiger charge is -1.99. The molecule has 0 saturated carbocycles. The minimum Gasteiger partial charge on any atom is -0.393 e. The number of nitrogens with zero attached hydrogens (tertiary/aromatic N) is 3. The molecule has 0 spiro atoms. The molecule has 0 amide bonds. The first kappa shape index (κ1) is 10.9. The molecule has 1 aromatic heterocycles. The highest BCUT2D eigenvalue weighted by Gasteiger charge is 2.18. The van der Waals surface area contributed by atoms with E-state index < -0.39 is 11.0 Å². The molecule has 14 heavy (non-hydrogen) atoms. The Morgan fingerprint density at radius 2 is 2.50 bits per heavy atom. The molecular weight excluding hydrogens is 210 g/mol. The van der Waals surface area contributed by atoms with Gasteiger partial charge in [0, 0.05) is 0 Å². The van der Waals surface area contributed by atoms with Crippen molar-refractivity contribution in [1.29, 1.82) is 0 Å². The lowest BCUT2D eigenvalue weighted by molar-refractivity contribution is -0.389. The van der Waals surface area contributed by atoms with Crippen LogP contribution in [0.5, 0.6) is 0 Å². The normalized spacial score (nSPS) is 12.8. The maximum atomic E-state index is 10.4. The third-order valence-electron chi connectivity index (χ3n) is 1.65. The van der Waals surface area contributed by atoms with Gasteiger partial charge in [0.05, 0.1) is 23.9 Å². The van der Waals surface area contributed by atoms with Crippen molar-refractivity contribution in [3.05, 3.63) is 21.3 Å². The highest BCUT2D eigenvalue weighted by Crippen LogP contribution is 2.21. The minimum absolute atomic E-state index is 0.0144. The van der Waals surface area contributed by atoms with Gasteiger partial charge in [-0.3, -0.25) is 0 Å². The van der Waals surface area contributed by atoms with Crippen LogP contribution in [0.3, 0.4) is 0 Å². The third-order valence-corrected chi connectivity index (χ3v) is 1.91. The van der Waals surface area contributed by atoms with Gasteiger partial charge < -0.3 is 15.2 Å². The van der Waals surface area contributed by atoms with Crippen molar-refractivity contribution >= 4 is 17.4 Å². The quantitative estimate of drug-likeness (QED) is 0.610. The number of aryl methyl sites for hydroxylation is 1. The van der Waals surface area contributed by atoms with Gasteiger partial charge in [-0.05, 0) is 18.3 Å². The van der Waals surface area contributed by atoms with Gasteiger partial charge in [0.1, 0.15) is 0 Å². The summed E-state index contributed by atoms with van der Waals surface area (Å²) in [4.78, 5) is 9.73. The Balaban J connectivity index is 2.71. The van der Waals surface area contributed by atoms with Crippen LogP contribution in [0.15, 0.2) is 6.20 Å². The number of aliphatic hydroxyl groups excluding tert-OH is 1. The van der Waals surface area contributed by atoms with Gasteiger partial charge in [0.15, 0.2) is 5.02 Å². The summed E-state index contributed by atoms with van der Waals surface area (Å²) in [5.41, 5.74) is 0. The maximum Gasteiger partial charge on any atom is 0.408 e. The lowest BCUT2D eigenvalue weighted by atomic mass is 10.3. The second-order valence-electron chi connectivity index (χ2n) is 2.96. The zero-order valence-corrected chi connectivity index (χ0v) is 8.31. The monoisotopic (exact) mass is 219 g/mol. The molecule has 1 atom stereocenters. The van der Waals surface area contributed by atoms with Crippen LogP contribution >= 0.6 is 11.6 Å². The Kier molecular flexibility index (Phi) is 3.43. The van der Waals surface area contributed by atoms with E-state index in [1.54, 1.807) is 6.92 Å². The summed E-state index contributed by atoms with van der Waals surface area (Å²) in [5, 5.41) is 23.0. The standard InChI is InChI=1S/C7H10ClN3O3/c1-5(12)2-3-10-4-6(8)7(9-10)11(13)14/h4-5,12H,2-3H2,1H3. The number of aromatic nitrogens is 2. The summed E-state index contributed by atoms with van der Waals surface area (Å²) in [6, 6.07) is 0. The summed E-state index contributed by atoms with van der Waals surface area (Å²) in [6.45, 7) is 2.05. The highest BCUT2D eigenvalue weighted by atomic mass is 35.5. The average Bonchev–Trinajstić information content (AvgIpc) is 2.43. The fraction of sp³-hybridized carbons (Fsp3) is 0.571. The number of hydrogen-bond acceptors (Lipinski definition) is 4. The van der Waals surface area contributed by atoms with Crippen molar-refractivity contribution in [2.75, 3.05) is 0 Å². The Labute approximate surface area is 85.2 Å². The zero-order chi connectivity index (χ0) is 10.7. The van der Waals surface area contributed by atoms with Crippen molar-refractivity contribution in [3.63, 3.8) is 0 Å². The number of aliphatic hydroxyl groups is 1. The van der Waals surface area contributed by atoms with E-state index in [0.717, 1.165) is 0 Å². The number of hydrogen-bond donors (Lipinski definition) is 1. The average molecular weight is 220 g/mol. The molecule has 1 aromatic rings. The van der Waals surface area contributed by atoms with Gasteiger partial charge in [0.25, 0.3) is 0 Å². The van der Waals surface area contributed by atoms with Crippen molar-refractivity contribution in [2.24, 2.45) is 0 Å². The van der Waals surface area contributed by atoms with Gasteiger partial charge in [-0.1, -0.05) is 11.6 Å². The molecule has 1 unspecified atom stereocenters. The van der Waals surface area contributed by atoms with Crippen LogP contribution in [0.4, 0.5) is 5.82 Å². The van der Waals surface area contributed by atoms with Crippen LogP contribution in [0, 0.1) is 10.1 Å². The van der Waals surface area contributed by atoms with E-state index in [1.807, 2.05) is 0 Å². The molecule has 0 aliphatic heterocycles. The molecule has 0 bridgehead atoms. The molecule has 1 N–H and O–H groups in total. The molecule has 0 aromatic carbocycles. The predicted molar refractivity (Wildman–Crippen MR) is 50.2 cm³/mol. The van der Waals surface area contributed by atoms with E-state index >= 15 is 0 Å². The van der Waals surface area contributed by atoms with Crippen LogP contribution in [-0.2, 0) is 6.54 Å². The Morgan fingerprint density at radius 3 is 2.93 bits per heavy atom. The molecule has 0 radical (unpaired) electrons. The van der Waals surface area contributed by atoms with Crippen molar-refractivity contribution in [2.45, 2.75) is 26.0 Å². The van der Waals surface area contributed by atoms with E-state index in [0.29, 0.717) is 13.0 Å². The molecule has 0 aliphatic rings. The number of nitro groups is 1. The van der Waals surface area contributed by atoms with E-state index in [2.05, 4.69) is 5.10 Å². The van der Waals surface area contributed by atoms with Crippen LogP contribution in [0.2, 0.25) is 5.02 Å². The maximum absolute atomic E-state index is 10.4. The molecule has 78 valence electrons. The fourth-order valence-corrected chi connectivity index (χ4v) is 1.16. The van der Waals surface area contributed by atoms with E-state index in [-0.39, 0.29) is 10.8 Å². The molecule has 1 rings (SSSR count). The highest BCUT2D eigenvalue weighted by molar-refractivity contribution is 6.32. The first-order valence-corrected chi connectivity index (χ1v) is 4.44. The van der Waals surface area contributed by atoms with Gasteiger partial charge in [0.2, 0.25) is 0 Å². The topological polar surface area (TPSA) is 81.2 Å². The van der Waals surface area contributed by atoms with Crippen molar-refractivity contribution in [3.8, 4) is 0 Å². The summed E-state index contributed by atoms with van der Waals surface area (Å²) < 4.78 is 1.35. The van der Waals surface area contributed by atoms with Gasteiger partial charge >= 0.3 is 5.82 Å². The molecule has 0 saturated heterocycles. The Morgan fingerprint density at radius 1 is 1.86 bits per heavy atom. The molecule has 0 aliphatic carbocycles. The molecule has 6 nitrogen and oxygen atoms in total. The molecule has 7 heteroatoms. The SMILES string of the molecule is CC(O)CCn1cc(Cl)c([N+](=O)[O-])n1. The van der Waals surface area contributed by atoms with Crippen LogP contribution in [0.1, 0.15) is 13.3 Å². The first-order chi connectivity index (χ1) is 6.50. The van der Waals surface area contributed by atoms with Crippen molar-refractivity contribution < 1.29 is 10.0 Å². The van der Waals surface area contributed by atoms with Crippen LogP contribution in [0.25, 0.3) is 0 Å². The zero-order valence-electron chi connectivity index (χ0n) is 7.55. The number of rotatable bonds is 4. The second-order valence-corrected chi connectivity index (χ2v) is 3.37. The second kappa shape index (κ2) is 4.39. The summed E-state index contributed by atoms with van der Waals surface area (Å²) >= 11 is 5.57. The summed E-state index contributed by atoms with van der Waals surface area (Å²) in [7, 11) is 0. The Hall–Kier alpha value is -1.14. The largest absolute Gasteiger partial charge is 0.408 e. The predicted octanol–water partition coefficient (Wildman–Crippen LogP) is 1.22. The fourth-order valence-electron chi connectivity index (χ4n) is 0.944.